The predicted octanol–water partition coefficient (Wildman–Crippen LogP) is 12.2. The van der Waals surface area contributed by atoms with Crippen LogP contribution in [-0.2, 0) is 28.6 Å². The summed E-state index contributed by atoms with van der Waals surface area (Å²) in [5.41, 5.74) is 0. The number of hydrogen-bond acceptors (Lipinski definition) is 6. The lowest BCUT2D eigenvalue weighted by Crippen LogP contribution is -2.30. The Morgan fingerprint density at radius 2 is 0.809 bits per heavy atom. The van der Waals surface area contributed by atoms with E-state index in [0.29, 0.717) is 19.3 Å². The molecule has 0 aliphatic carbocycles. The van der Waals surface area contributed by atoms with Gasteiger partial charge in [-0.05, 0) is 31.1 Å². The highest BCUT2D eigenvalue weighted by atomic mass is 16.6. The average molecular weight is 667 g/mol. The molecule has 0 radical (unpaired) electrons. The number of ether oxygens (including phenoxy) is 3. The van der Waals surface area contributed by atoms with E-state index in [-0.39, 0.29) is 31.1 Å². The van der Waals surface area contributed by atoms with Gasteiger partial charge in [0, 0.05) is 19.3 Å². The minimum atomic E-state index is -0.758. The van der Waals surface area contributed by atoms with Crippen molar-refractivity contribution in [1.29, 1.82) is 0 Å². The maximum absolute atomic E-state index is 12.6. The molecule has 0 aliphatic heterocycles. The Bertz CT molecular complexity index is 721. The summed E-state index contributed by atoms with van der Waals surface area (Å²) < 4.78 is 16.5. The van der Waals surface area contributed by atoms with Gasteiger partial charge < -0.3 is 14.2 Å². The van der Waals surface area contributed by atoms with Crippen molar-refractivity contribution in [3.05, 3.63) is 0 Å². The van der Waals surface area contributed by atoms with Gasteiger partial charge in [0.15, 0.2) is 6.10 Å². The van der Waals surface area contributed by atoms with E-state index in [2.05, 4.69) is 34.6 Å². The quantitative estimate of drug-likeness (QED) is 0.0380. The van der Waals surface area contributed by atoms with Crippen LogP contribution >= 0.6 is 0 Å². The van der Waals surface area contributed by atoms with Gasteiger partial charge in [-0.3, -0.25) is 14.4 Å². The van der Waals surface area contributed by atoms with Crippen molar-refractivity contribution >= 4 is 17.9 Å². The molecule has 47 heavy (non-hydrogen) atoms. The standard InChI is InChI=1S/C41H78O6/c1-6-8-9-19-26-31-39(42)45-34-38(47-41(44)33-28-23-18-17-21-25-30-37(5)7-2)35-46-40(43)32-27-22-16-14-12-10-11-13-15-20-24-29-36(3)4/h36-38H,6-35H2,1-5H3/t37?,38-/m1/s1. The van der Waals surface area contributed by atoms with Crippen molar-refractivity contribution in [3.8, 4) is 0 Å². The van der Waals surface area contributed by atoms with E-state index in [4.69, 9.17) is 14.2 Å². The van der Waals surface area contributed by atoms with Crippen LogP contribution in [0.3, 0.4) is 0 Å². The Hall–Kier alpha value is -1.59. The fraction of sp³-hybridized carbons (Fsp3) is 0.927. The molecule has 0 bridgehead atoms. The first-order valence-corrected chi connectivity index (χ1v) is 20.3. The van der Waals surface area contributed by atoms with Crippen LogP contribution in [-0.4, -0.2) is 37.2 Å². The number of rotatable bonds is 35. The number of unbranched alkanes of at least 4 members (excludes halogenated alkanes) is 19. The van der Waals surface area contributed by atoms with Crippen LogP contribution in [0.2, 0.25) is 0 Å². The zero-order valence-electron chi connectivity index (χ0n) is 31.9. The zero-order chi connectivity index (χ0) is 34.8. The molecule has 0 amide bonds. The number of esters is 3. The minimum Gasteiger partial charge on any atom is -0.462 e. The van der Waals surface area contributed by atoms with Crippen LogP contribution in [0.4, 0.5) is 0 Å². The largest absolute Gasteiger partial charge is 0.462 e. The molecule has 0 rings (SSSR count). The molecule has 0 heterocycles. The minimum absolute atomic E-state index is 0.0675. The van der Waals surface area contributed by atoms with Crippen LogP contribution in [0.15, 0.2) is 0 Å². The van der Waals surface area contributed by atoms with Crippen molar-refractivity contribution in [2.24, 2.45) is 11.8 Å². The normalized spacial score (nSPS) is 12.6. The number of hydrogen-bond donors (Lipinski definition) is 0. The van der Waals surface area contributed by atoms with Gasteiger partial charge >= 0.3 is 17.9 Å². The summed E-state index contributed by atoms with van der Waals surface area (Å²) in [6.07, 6.45) is 29.8. The number of carbonyl (C=O) groups excluding carboxylic acids is 3. The second-order valence-electron chi connectivity index (χ2n) is 14.6. The smallest absolute Gasteiger partial charge is 0.306 e. The van der Waals surface area contributed by atoms with Gasteiger partial charge in [0.05, 0.1) is 0 Å². The van der Waals surface area contributed by atoms with E-state index < -0.39 is 6.10 Å². The van der Waals surface area contributed by atoms with Crippen LogP contribution in [0.25, 0.3) is 0 Å². The molecule has 0 saturated heterocycles. The summed E-state index contributed by atoms with van der Waals surface area (Å²) in [4.78, 5) is 37.3. The van der Waals surface area contributed by atoms with E-state index in [1.807, 2.05) is 0 Å². The Labute approximate surface area is 291 Å². The molecule has 278 valence electrons. The zero-order valence-corrected chi connectivity index (χ0v) is 31.9. The van der Waals surface area contributed by atoms with Gasteiger partial charge in [0.25, 0.3) is 0 Å². The lowest BCUT2D eigenvalue weighted by Gasteiger charge is -2.18. The van der Waals surface area contributed by atoms with Crippen LogP contribution < -0.4 is 0 Å². The van der Waals surface area contributed by atoms with Crippen molar-refractivity contribution in [1.82, 2.24) is 0 Å². The van der Waals surface area contributed by atoms with Crippen LogP contribution in [0.1, 0.15) is 214 Å². The van der Waals surface area contributed by atoms with Gasteiger partial charge in [-0.15, -0.1) is 0 Å². The highest BCUT2D eigenvalue weighted by Gasteiger charge is 2.19. The molecule has 2 atom stereocenters. The lowest BCUT2D eigenvalue weighted by atomic mass is 10.00. The van der Waals surface area contributed by atoms with Crippen LogP contribution in [0, 0.1) is 11.8 Å². The first-order valence-electron chi connectivity index (χ1n) is 20.3. The molecular weight excluding hydrogens is 588 g/mol. The fourth-order valence-corrected chi connectivity index (χ4v) is 5.84. The first-order chi connectivity index (χ1) is 22.8. The molecule has 6 nitrogen and oxygen atoms in total. The molecule has 0 aromatic heterocycles. The molecular formula is C41H78O6. The van der Waals surface area contributed by atoms with Crippen molar-refractivity contribution in [2.75, 3.05) is 13.2 Å². The molecule has 0 aliphatic rings. The Balaban J connectivity index is 4.24. The molecule has 0 aromatic carbocycles. The molecule has 0 N–H and O–H groups in total. The van der Waals surface area contributed by atoms with E-state index in [9.17, 15) is 14.4 Å². The third-order valence-corrected chi connectivity index (χ3v) is 9.33. The van der Waals surface area contributed by atoms with Crippen molar-refractivity contribution in [2.45, 2.75) is 221 Å². The molecule has 0 spiro atoms. The molecule has 0 aromatic rings. The monoisotopic (exact) mass is 667 g/mol. The van der Waals surface area contributed by atoms with Gasteiger partial charge in [-0.25, -0.2) is 0 Å². The third-order valence-electron chi connectivity index (χ3n) is 9.33. The summed E-state index contributed by atoms with van der Waals surface area (Å²) >= 11 is 0. The van der Waals surface area contributed by atoms with Gasteiger partial charge in [0.1, 0.15) is 13.2 Å². The molecule has 0 fully saturated rings. The van der Waals surface area contributed by atoms with E-state index in [0.717, 1.165) is 76.0 Å². The average Bonchev–Trinajstić information content (AvgIpc) is 3.05. The van der Waals surface area contributed by atoms with Gasteiger partial charge in [0.2, 0.25) is 0 Å². The van der Waals surface area contributed by atoms with E-state index in [1.54, 1.807) is 0 Å². The molecule has 0 saturated carbocycles. The summed E-state index contributed by atoms with van der Waals surface area (Å²) in [5, 5.41) is 0. The van der Waals surface area contributed by atoms with Crippen LogP contribution in [0.5, 0.6) is 0 Å². The summed E-state index contributed by atoms with van der Waals surface area (Å²) in [6.45, 7) is 11.2. The Morgan fingerprint density at radius 1 is 0.447 bits per heavy atom. The lowest BCUT2D eigenvalue weighted by molar-refractivity contribution is -0.167. The van der Waals surface area contributed by atoms with E-state index >= 15 is 0 Å². The maximum atomic E-state index is 12.6. The SMILES string of the molecule is CCCCCCCC(=O)OC[C@H](COC(=O)CCCCCCCCCCCCCC(C)C)OC(=O)CCCCCCCCC(C)CC. The highest BCUT2D eigenvalue weighted by Crippen LogP contribution is 2.16. The second-order valence-corrected chi connectivity index (χ2v) is 14.6. The predicted molar refractivity (Wildman–Crippen MR) is 196 cm³/mol. The van der Waals surface area contributed by atoms with Crippen molar-refractivity contribution < 1.29 is 28.6 Å². The highest BCUT2D eigenvalue weighted by molar-refractivity contribution is 5.71. The summed E-state index contributed by atoms with van der Waals surface area (Å²) in [6, 6.07) is 0. The fourth-order valence-electron chi connectivity index (χ4n) is 5.84. The number of carbonyl (C=O) groups is 3. The van der Waals surface area contributed by atoms with Crippen molar-refractivity contribution in [3.63, 3.8) is 0 Å². The van der Waals surface area contributed by atoms with E-state index in [1.165, 1.54) is 96.3 Å². The topological polar surface area (TPSA) is 78.9 Å². The molecule has 1 unspecified atom stereocenters. The Kier molecular flexibility index (Phi) is 33.1. The summed E-state index contributed by atoms with van der Waals surface area (Å²) in [7, 11) is 0. The Morgan fingerprint density at radius 3 is 1.21 bits per heavy atom. The molecule has 6 heteroatoms. The first kappa shape index (κ1) is 45.4. The second kappa shape index (κ2) is 34.3. The third kappa shape index (κ3) is 34.1. The maximum Gasteiger partial charge on any atom is 0.306 e. The summed E-state index contributed by atoms with van der Waals surface area (Å²) in [5.74, 6) is 0.756. The van der Waals surface area contributed by atoms with Gasteiger partial charge in [-0.1, -0.05) is 176 Å². The van der Waals surface area contributed by atoms with Gasteiger partial charge in [-0.2, -0.15) is 0 Å².